The van der Waals surface area contributed by atoms with Crippen LogP contribution in [0.5, 0.6) is 0 Å². The fraction of sp³-hybridized carbons (Fsp3) is 0.480. The first-order valence-electron chi connectivity index (χ1n) is 12.1. The normalized spacial score (nSPS) is 23.1. The van der Waals surface area contributed by atoms with Gasteiger partial charge in [-0.2, -0.15) is 5.10 Å². The van der Waals surface area contributed by atoms with Crippen LogP contribution in [0.1, 0.15) is 30.7 Å². The number of hydrogen-bond donors (Lipinski definition) is 2. The second kappa shape index (κ2) is 9.42. The van der Waals surface area contributed by atoms with Crippen molar-refractivity contribution in [1.29, 1.82) is 0 Å². The third-order valence-corrected chi connectivity index (χ3v) is 8.01. The largest absolute Gasteiger partial charge is 0.373 e. The van der Waals surface area contributed by atoms with Crippen molar-refractivity contribution in [3.63, 3.8) is 0 Å². The van der Waals surface area contributed by atoms with Crippen molar-refractivity contribution in [3.05, 3.63) is 40.9 Å². The number of morpholine rings is 1. The summed E-state index contributed by atoms with van der Waals surface area (Å²) in [5.74, 6) is 0.787. The number of fused-ring (bicyclic) bond motifs is 4. The van der Waals surface area contributed by atoms with Gasteiger partial charge in [0.1, 0.15) is 22.8 Å². The van der Waals surface area contributed by atoms with E-state index in [0.717, 1.165) is 54.6 Å². The summed E-state index contributed by atoms with van der Waals surface area (Å²) in [5.41, 5.74) is 2.33. The minimum Gasteiger partial charge on any atom is -0.373 e. The van der Waals surface area contributed by atoms with Crippen LogP contribution in [0.15, 0.2) is 24.7 Å². The second-order valence-corrected chi connectivity index (χ2v) is 10.8. The molecule has 0 amide bonds. The Morgan fingerprint density at radius 2 is 2.11 bits per heavy atom. The summed E-state index contributed by atoms with van der Waals surface area (Å²) in [6.07, 6.45) is 6.70. The van der Waals surface area contributed by atoms with Crippen LogP contribution in [0, 0.1) is 11.7 Å². The molecule has 4 aromatic rings. The molecule has 10 heteroatoms. The number of hydrogen-bond acceptors (Lipinski definition) is 8. The van der Waals surface area contributed by atoms with Gasteiger partial charge in [-0.05, 0) is 50.7 Å². The molecule has 0 bridgehead atoms. The average molecular weight is 497 g/mol. The average Bonchev–Trinajstić information content (AvgIpc) is 3.42. The summed E-state index contributed by atoms with van der Waals surface area (Å²) in [6.45, 7) is 7.46. The van der Waals surface area contributed by atoms with Gasteiger partial charge < -0.3 is 14.8 Å². The Hall–Kier alpha value is -2.66. The van der Waals surface area contributed by atoms with Crippen molar-refractivity contribution >= 4 is 44.0 Å². The molecule has 4 heterocycles. The highest BCUT2D eigenvalue weighted by molar-refractivity contribution is 7.19. The van der Waals surface area contributed by atoms with E-state index in [-0.39, 0.29) is 18.0 Å². The standard InChI is InChI=1S/C25H29FN6O2S/c1-14-9-32(10-15(2)34-14)13-33-11-16-3-4-18-22(5-16)35-25-23(18)24(27-12-28-25)30-21-6-17-8-29-31-20(17)7-19(21)26/h6-8,12,14-16H,3-5,9-11,13H2,1-2H3,(H,29,31)(H,27,28,30)/t14-,15-,16+/m1/s1. The van der Waals surface area contributed by atoms with Crippen molar-refractivity contribution in [3.8, 4) is 0 Å². The lowest BCUT2D eigenvalue weighted by atomic mass is 9.88. The SMILES string of the molecule is C[C@@H]1CN(COC[C@H]2CCc3c(sc4ncnc(Nc5cc6cn[nH]c6cc5F)c34)C2)C[C@@H](C)O1. The highest BCUT2D eigenvalue weighted by atomic mass is 32.1. The van der Waals surface area contributed by atoms with Crippen LogP contribution < -0.4 is 5.32 Å². The molecule has 2 N–H and O–H groups in total. The lowest BCUT2D eigenvalue weighted by Gasteiger charge is -2.35. The Morgan fingerprint density at radius 1 is 1.26 bits per heavy atom. The highest BCUT2D eigenvalue weighted by Crippen LogP contribution is 2.40. The third-order valence-electron chi connectivity index (χ3n) is 6.85. The number of nitrogens with zero attached hydrogens (tertiary/aromatic N) is 4. The molecule has 0 unspecified atom stereocenters. The van der Waals surface area contributed by atoms with E-state index in [1.807, 2.05) is 0 Å². The van der Waals surface area contributed by atoms with E-state index in [2.05, 4.69) is 44.2 Å². The van der Waals surface area contributed by atoms with E-state index in [1.54, 1.807) is 29.9 Å². The number of anilines is 2. The minimum atomic E-state index is -0.348. The molecule has 35 heavy (non-hydrogen) atoms. The molecule has 1 saturated heterocycles. The highest BCUT2D eigenvalue weighted by Gasteiger charge is 2.27. The number of thiophene rings is 1. The van der Waals surface area contributed by atoms with Crippen LogP contribution in [0.3, 0.4) is 0 Å². The summed E-state index contributed by atoms with van der Waals surface area (Å²) in [6, 6.07) is 3.21. The van der Waals surface area contributed by atoms with Crippen LogP contribution in [0.25, 0.3) is 21.1 Å². The number of H-pyrrole nitrogens is 1. The van der Waals surface area contributed by atoms with Gasteiger partial charge in [0.25, 0.3) is 0 Å². The molecule has 0 spiro atoms. The topological polar surface area (TPSA) is 88.2 Å². The maximum Gasteiger partial charge on any atom is 0.148 e. The number of rotatable bonds is 6. The fourth-order valence-corrected chi connectivity index (χ4v) is 6.64. The minimum absolute atomic E-state index is 0.247. The molecule has 3 atom stereocenters. The van der Waals surface area contributed by atoms with Crippen molar-refractivity contribution in [2.45, 2.75) is 45.3 Å². The maximum absolute atomic E-state index is 14.7. The molecular weight excluding hydrogens is 467 g/mol. The Bertz CT molecular complexity index is 1350. The number of nitrogens with one attached hydrogen (secondary N) is 2. The van der Waals surface area contributed by atoms with Gasteiger partial charge in [0, 0.05) is 29.4 Å². The molecule has 0 saturated carbocycles. The molecule has 0 radical (unpaired) electrons. The Balaban J connectivity index is 1.16. The maximum atomic E-state index is 14.7. The molecule has 1 aromatic carbocycles. The van der Waals surface area contributed by atoms with E-state index in [0.29, 0.717) is 29.7 Å². The van der Waals surface area contributed by atoms with Crippen molar-refractivity contribution in [2.75, 3.05) is 31.7 Å². The molecule has 1 fully saturated rings. The Kier molecular flexibility index (Phi) is 6.13. The summed E-state index contributed by atoms with van der Waals surface area (Å²) in [7, 11) is 0. The third kappa shape index (κ3) is 4.63. The van der Waals surface area contributed by atoms with E-state index in [9.17, 15) is 4.39 Å². The first-order chi connectivity index (χ1) is 17.0. The Morgan fingerprint density at radius 3 is 2.97 bits per heavy atom. The zero-order chi connectivity index (χ0) is 23.9. The van der Waals surface area contributed by atoms with Gasteiger partial charge >= 0.3 is 0 Å². The molecule has 1 aliphatic carbocycles. The van der Waals surface area contributed by atoms with Gasteiger partial charge in [-0.15, -0.1) is 11.3 Å². The summed E-state index contributed by atoms with van der Waals surface area (Å²) >= 11 is 1.72. The van der Waals surface area contributed by atoms with Crippen molar-refractivity contribution in [1.82, 2.24) is 25.1 Å². The van der Waals surface area contributed by atoms with E-state index >= 15 is 0 Å². The molecule has 184 valence electrons. The smallest absolute Gasteiger partial charge is 0.148 e. The number of ether oxygens (including phenoxy) is 2. The molecule has 3 aromatic heterocycles. The lowest BCUT2D eigenvalue weighted by molar-refractivity contribution is -0.103. The lowest BCUT2D eigenvalue weighted by Crippen LogP contribution is -2.46. The number of aromatic nitrogens is 4. The van der Waals surface area contributed by atoms with Gasteiger partial charge in [-0.25, -0.2) is 14.4 Å². The van der Waals surface area contributed by atoms with Crippen LogP contribution >= 0.6 is 11.3 Å². The molecule has 2 aliphatic rings. The number of halogens is 1. The number of aryl methyl sites for hydroxylation is 1. The second-order valence-electron chi connectivity index (χ2n) is 9.72. The van der Waals surface area contributed by atoms with E-state index in [1.165, 1.54) is 16.5 Å². The van der Waals surface area contributed by atoms with Crippen molar-refractivity contribution in [2.24, 2.45) is 5.92 Å². The Labute approximate surface area is 206 Å². The van der Waals surface area contributed by atoms with Crippen molar-refractivity contribution < 1.29 is 13.9 Å². The predicted octanol–water partition coefficient (Wildman–Crippen LogP) is 4.64. The first-order valence-corrected chi connectivity index (χ1v) is 13.0. The summed E-state index contributed by atoms with van der Waals surface area (Å²) in [5, 5.41) is 11.9. The van der Waals surface area contributed by atoms with E-state index < -0.39 is 0 Å². The molecular formula is C25H29FN6O2S. The first kappa shape index (κ1) is 22.8. The van der Waals surface area contributed by atoms with Crippen LogP contribution in [-0.2, 0) is 22.3 Å². The molecule has 1 aliphatic heterocycles. The van der Waals surface area contributed by atoms with E-state index in [4.69, 9.17) is 9.47 Å². The van der Waals surface area contributed by atoms with Crippen LogP contribution in [-0.4, -0.2) is 63.7 Å². The zero-order valence-corrected chi connectivity index (χ0v) is 20.7. The fourth-order valence-electron chi connectivity index (χ4n) is 5.34. The number of aromatic amines is 1. The monoisotopic (exact) mass is 496 g/mol. The molecule has 6 rings (SSSR count). The molecule has 8 nitrogen and oxygen atoms in total. The summed E-state index contributed by atoms with van der Waals surface area (Å²) in [4.78, 5) is 13.6. The van der Waals surface area contributed by atoms with Gasteiger partial charge in [0.15, 0.2) is 0 Å². The number of benzene rings is 1. The van der Waals surface area contributed by atoms with Gasteiger partial charge in [-0.1, -0.05) is 0 Å². The van der Waals surface area contributed by atoms with Crippen LogP contribution in [0.2, 0.25) is 0 Å². The van der Waals surface area contributed by atoms with Gasteiger partial charge in [-0.3, -0.25) is 10.00 Å². The van der Waals surface area contributed by atoms with Crippen LogP contribution in [0.4, 0.5) is 15.9 Å². The zero-order valence-electron chi connectivity index (χ0n) is 19.9. The predicted molar refractivity (Wildman–Crippen MR) is 135 cm³/mol. The summed E-state index contributed by atoms with van der Waals surface area (Å²) < 4.78 is 26.7. The van der Waals surface area contributed by atoms with Gasteiger partial charge in [0.05, 0.1) is 48.3 Å². The van der Waals surface area contributed by atoms with Gasteiger partial charge in [0.2, 0.25) is 0 Å². The quantitative estimate of drug-likeness (QED) is 0.402.